The minimum atomic E-state index is 0.770. The van der Waals surface area contributed by atoms with Crippen molar-refractivity contribution >= 4 is 19.9 Å². The van der Waals surface area contributed by atoms with Crippen molar-refractivity contribution < 1.29 is 0 Å². The lowest BCUT2D eigenvalue weighted by Crippen LogP contribution is -2.27. The monoisotopic (exact) mass is 210 g/mol. The SMILES string of the molecule is Cc1cccc([Si]c2cccc(C)c2)c1. The fourth-order valence-electron chi connectivity index (χ4n) is 1.61. The summed E-state index contributed by atoms with van der Waals surface area (Å²) >= 11 is 0. The van der Waals surface area contributed by atoms with Gasteiger partial charge in [0, 0.05) is 0 Å². The van der Waals surface area contributed by atoms with E-state index in [1.54, 1.807) is 0 Å². The van der Waals surface area contributed by atoms with E-state index < -0.39 is 0 Å². The van der Waals surface area contributed by atoms with Crippen molar-refractivity contribution in [3.05, 3.63) is 59.7 Å². The van der Waals surface area contributed by atoms with E-state index in [9.17, 15) is 0 Å². The molecule has 2 aromatic rings. The van der Waals surface area contributed by atoms with E-state index >= 15 is 0 Å². The highest BCUT2D eigenvalue weighted by molar-refractivity contribution is 6.67. The van der Waals surface area contributed by atoms with Crippen molar-refractivity contribution in [2.45, 2.75) is 13.8 Å². The summed E-state index contributed by atoms with van der Waals surface area (Å²) in [4.78, 5) is 0. The van der Waals surface area contributed by atoms with Crippen LogP contribution in [0.2, 0.25) is 0 Å². The minimum absolute atomic E-state index is 0.770. The lowest BCUT2D eigenvalue weighted by atomic mass is 10.2. The molecule has 15 heavy (non-hydrogen) atoms. The van der Waals surface area contributed by atoms with Crippen LogP contribution in [0.1, 0.15) is 11.1 Å². The average Bonchev–Trinajstić information content (AvgIpc) is 2.17. The summed E-state index contributed by atoms with van der Waals surface area (Å²) in [6.07, 6.45) is 0. The van der Waals surface area contributed by atoms with Crippen molar-refractivity contribution in [2.24, 2.45) is 0 Å². The molecule has 2 rings (SSSR count). The zero-order valence-electron chi connectivity index (χ0n) is 9.12. The molecule has 0 nitrogen and oxygen atoms in total. The van der Waals surface area contributed by atoms with Gasteiger partial charge in [0.05, 0.1) is 0 Å². The number of rotatable bonds is 2. The molecule has 0 heterocycles. The summed E-state index contributed by atoms with van der Waals surface area (Å²) in [6.45, 7) is 4.29. The Morgan fingerprint density at radius 1 is 0.733 bits per heavy atom. The maximum atomic E-state index is 2.26. The van der Waals surface area contributed by atoms with Crippen LogP contribution in [0.5, 0.6) is 0 Å². The minimum Gasteiger partial charge on any atom is -0.0631 e. The van der Waals surface area contributed by atoms with E-state index in [2.05, 4.69) is 62.4 Å². The van der Waals surface area contributed by atoms with Gasteiger partial charge in [-0.1, -0.05) is 70.0 Å². The maximum absolute atomic E-state index is 2.26. The van der Waals surface area contributed by atoms with E-state index in [1.807, 2.05) is 0 Å². The summed E-state index contributed by atoms with van der Waals surface area (Å²) in [6, 6.07) is 17.5. The molecule has 2 radical (unpaired) electrons. The largest absolute Gasteiger partial charge is 0.121 e. The van der Waals surface area contributed by atoms with Gasteiger partial charge in [-0.25, -0.2) is 0 Å². The summed E-state index contributed by atoms with van der Waals surface area (Å²) in [7, 11) is 0.770. The first-order valence-corrected chi connectivity index (χ1v) is 6.14. The number of hydrogen-bond acceptors (Lipinski definition) is 0. The van der Waals surface area contributed by atoms with E-state index in [-0.39, 0.29) is 0 Å². The second kappa shape index (κ2) is 4.45. The van der Waals surface area contributed by atoms with Crippen LogP contribution in [0.3, 0.4) is 0 Å². The third-order valence-electron chi connectivity index (χ3n) is 2.32. The Morgan fingerprint density at radius 3 is 1.60 bits per heavy atom. The molecule has 0 amide bonds. The second-order valence-electron chi connectivity index (χ2n) is 3.86. The Bertz CT molecular complexity index is 417. The van der Waals surface area contributed by atoms with Crippen molar-refractivity contribution in [3.63, 3.8) is 0 Å². The Labute approximate surface area is 93.8 Å². The Morgan fingerprint density at radius 2 is 1.20 bits per heavy atom. The highest BCUT2D eigenvalue weighted by atomic mass is 28.2. The first kappa shape index (κ1) is 10.2. The third kappa shape index (κ3) is 2.80. The molecule has 0 aliphatic rings. The standard InChI is InChI=1S/C14H14Si/c1-11-5-3-7-13(9-11)15-14-8-4-6-12(2)10-14/h3-10H,1-2H3. The fraction of sp³-hybridized carbons (Fsp3) is 0.143. The van der Waals surface area contributed by atoms with Gasteiger partial charge >= 0.3 is 0 Å². The molecule has 0 saturated carbocycles. The molecule has 0 aliphatic heterocycles. The van der Waals surface area contributed by atoms with Gasteiger partial charge < -0.3 is 0 Å². The summed E-state index contributed by atoms with van der Waals surface area (Å²) in [5.41, 5.74) is 2.68. The quantitative estimate of drug-likeness (QED) is 0.665. The molecule has 0 N–H and O–H groups in total. The van der Waals surface area contributed by atoms with E-state index in [0.29, 0.717) is 0 Å². The summed E-state index contributed by atoms with van der Waals surface area (Å²) in [5.74, 6) is 0. The molecule has 0 unspecified atom stereocenters. The lowest BCUT2D eigenvalue weighted by Gasteiger charge is -2.02. The third-order valence-corrected chi connectivity index (χ3v) is 3.52. The number of hydrogen-bond donors (Lipinski definition) is 0. The Balaban J connectivity index is 2.22. The summed E-state index contributed by atoms with van der Waals surface area (Å²) < 4.78 is 0. The van der Waals surface area contributed by atoms with Crippen LogP contribution in [0, 0.1) is 13.8 Å². The van der Waals surface area contributed by atoms with Gasteiger partial charge in [-0.15, -0.1) is 0 Å². The first-order valence-electron chi connectivity index (χ1n) is 5.14. The van der Waals surface area contributed by atoms with Crippen LogP contribution >= 0.6 is 0 Å². The molecule has 0 atom stereocenters. The van der Waals surface area contributed by atoms with Crippen LogP contribution in [-0.2, 0) is 0 Å². The predicted octanol–water partition coefficient (Wildman–Crippen LogP) is 1.96. The first-order chi connectivity index (χ1) is 7.24. The van der Waals surface area contributed by atoms with Crippen LogP contribution < -0.4 is 10.4 Å². The zero-order chi connectivity index (χ0) is 10.7. The second-order valence-corrected chi connectivity index (χ2v) is 5.27. The molecular weight excluding hydrogens is 196 g/mol. The molecule has 0 aliphatic carbocycles. The molecule has 0 bridgehead atoms. The van der Waals surface area contributed by atoms with Gasteiger partial charge in [-0.05, 0) is 13.8 Å². The van der Waals surface area contributed by atoms with Gasteiger partial charge in [0.15, 0.2) is 0 Å². The van der Waals surface area contributed by atoms with Crippen LogP contribution in [0.4, 0.5) is 0 Å². The van der Waals surface area contributed by atoms with E-state index in [0.717, 1.165) is 9.52 Å². The maximum Gasteiger partial charge on any atom is 0.121 e. The molecule has 0 saturated heterocycles. The van der Waals surface area contributed by atoms with E-state index in [4.69, 9.17) is 0 Å². The average molecular weight is 210 g/mol. The molecule has 2 aromatic carbocycles. The topological polar surface area (TPSA) is 0 Å². The Kier molecular flexibility index (Phi) is 3.02. The lowest BCUT2D eigenvalue weighted by molar-refractivity contribution is 1.49. The molecular formula is C14H14Si. The van der Waals surface area contributed by atoms with Crippen molar-refractivity contribution in [2.75, 3.05) is 0 Å². The van der Waals surface area contributed by atoms with Crippen LogP contribution in [0.15, 0.2) is 48.5 Å². The van der Waals surface area contributed by atoms with Gasteiger partial charge in [0.2, 0.25) is 0 Å². The molecule has 0 spiro atoms. The van der Waals surface area contributed by atoms with Crippen LogP contribution in [0.25, 0.3) is 0 Å². The number of aryl methyl sites for hydroxylation is 2. The van der Waals surface area contributed by atoms with Gasteiger partial charge in [-0.2, -0.15) is 0 Å². The van der Waals surface area contributed by atoms with Crippen LogP contribution in [-0.4, -0.2) is 9.52 Å². The molecule has 1 heteroatoms. The van der Waals surface area contributed by atoms with Crippen molar-refractivity contribution in [1.29, 1.82) is 0 Å². The number of benzene rings is 2. The predicted molar refractivity (Wildman–Crippen MR) is 67.4 cm³/mol. The Hall–Kier alpha value is -1.34. The fourth-order valence-corrected chi connectivity index (χ4v) is 2.90. The van der Waals surface area contributed by atoms with Gasteiger partial charge in [0.25, 0.3) is 0 Å². The zero-order valence-corrected chi connectivity index (χ0v) is 10.1. The molecule has 74 valence electrons. The highest BCUT2D eigenvalue weighted by Crippen LogP contribution is 1.94. The summed E-state index contributed by atoms with van der Waals surface area (Å²) in [5, 5.41) is 2.83. The molecule has 0 aromatic heterocycles. The smallest absolute Gasteiger partial charge is 0.0631 e. The highest BCUT2D eigenvalue weighted by Gasteiger charge is 1.98. The van der Waals surface area contributed by atoms with Crippen molar-refractivity contribution in [1.82, 2.24) is 0 Å². The molecule has 0 fully saturated rings. The van der Waals surface area contributed by atoms with E-state index in [1.165, 1.54) is 21.5 Å². The van der Waals surface area contributed by atoms with Crippen molar-refractivity contribution in [3.8, 4) is 0 Å². The van der Waals surface area contributed by atoms with Gasteiger partial charge in [-0.3, -0.25) is 0 Å². The normalized spacial score (nSPS) is 10.3. The van der Waals surface area contributed by atoms with Gasteiger partial charge in [0.1, 0.15) is 9.52 Å².